The van der Waals surface area contributed by atoms with Gasteiger partial charge in [-0.2, -0.15) is 10.4 Å². The van der Waals surface area contributed by atoms with Crippen LogP contribution in [0.5, 0.6) is 0 Å². The third-order valence-electron chi connectivity index (χ3n) is 2.18. The molecule has 0 saturated carbocycles. The van der Waals surface area contributed by atoms with Gasteiger partial charge >= 0.3 is 5.97 Å². The number of carboxylic acid groups (broad SMARTS) is 1. The summed E-state index contributed by atoms with van der Waals surface area (Å²) in [5.74, 6) is -1.05. The fraction of sp³-hybridized carbons (Fsp3) is 0. The molecule has 0 fully saturated rings. The molecule has 0 unspecified atom stereocenters. The third kappa shape index (κ3) is 2.05. The molecular weight excluding hydrogens is 286 g/mol. The number of halogens is 1. The molecule has 0 aliphatic carbocycles. The van der Waals surface area contributed by atoms with Crippen molar-refractivity contribution in [1.82, 2.24) is 9.78 Å². The van der Waals surface area contributed by atoms with Crippen molar-refractivity contribution in [2.45, 2.75) is 0 Å². The van der Waals surface area contributed by atoms with Gasteiger partial charge in [-0.25, -0.2) is 9.48 Å². The second-order valence-corrected chi connectivity index (χ2v) is 4.08. The van der Waals surface area contributed by atoms with Crippen molar-refractivity contribution in [1.29, 1.82) is 5.26 Å². The van der Waals surface area contributed by atoms with Crippen molar-refractivity contribution < 1.29 is 9.90 Å². The molecule has 1 heterocycles. The molecule has 1 N–H and O–H groups in total. The first-order valence-electron chi connectivity index (χ1n) is 4.60. The lowest BCUT2D eigenvalue weighted by atomic mass is 10.2. The predicted molar refractivity (Wildman–Crippen MR) is 62.9 cm³/mol. The van der Waals surface area contributed by atoms with Gasteiger partial charge in [0, 0.05) is 10.7 Å². The van der Waals surface area contributed by atoms with Crippen molar-refractivity contribution in [3.63, 3.8) is 0 Å². The number of nitriles is 1. The summed E-state index contributed by atoms with van der Waals surface area (Å²) in [6, 6.07) is 7.23. The number of aromatic nitrogens is 2. The van der Waals surface area contributed by atoms with Crippen LogP contribution in [0.1, 0.15) is 15.9 Å². The highest BCUT2D eigenvalue weighted by Crippen LogP contribution is 2.22. The van der Waals surface area contributed by atoms with Crippen LogP contribution in [-0.4, -0.2) is 20.9 Å². The van der Waals surface area contributed by atoms with Crippen molar-refractivity contribution in [2.24, 2.45) is 0 Å². The number of nitrogens with zero attached hydrogens (tertiary/aromatic N) is 3. The largest absolute Gasteiger partial charge is 0.478 e. The summed E-state index contributed by atoms with van der Waals surface area (Å²) in [5.41, 5.74) is 1.02. The van der Waals surface area contributed by atoms with Gasteiger partial charge in [0.05, 0.1) is 23.0 Å². The number of aromatic carboxylic acids is 1. The molecule has 1 aromatic heterocycles. The Balaban J connectivity index is 2.57. The molecular formula is C11H6BrN3O2. The first-order chi connectivity index (χ1) is 8.13. The van der Waals surface area contributed by atoms with Crippen LogP contribution in [0.15, 0.2) is 35.1 Å². The maximum Gasteiger partial charge on any atom is 0.338 e. The minimum atomic E-state index is -1.05. The van der Waals surface area contributed by atoms with E-state index in [9.17, 15) is 4.79 Å². The maximum atomic E-state index is 10.7. The SMILES string of the molecule is N#Cc1c(Br)cccc1-n1cc(C(=O)O)cn1. The number of carbonyl (C=O) groups is 1. The van der Waals surface area contributed by atoms with E-state index in [2.05, 4.69) is 21.0 Å². The Kier molecular flexibility index (Phi) is 2.93. The summed E-state index contributed by atoms with van der Waals surface area (Å²) in [5, 5.41) is 21.8. The standard InChI is InChI=1S/C11H6BrN3O2/c12-9-2-1-3-10(8(9)4-13)15-6-7(5-14-15)11(16)17/h1-3,5-6H,(H,16,17). The summed E-state index contributed by atoms with van der Waals surface area (Å²) in [4.78, 5) is 10.7. The Morgan fingerprint density at radius 3 is 2.88 bits per heavy atom. The van der Waals surface area contributed by atoms with Gasteiger partial charge in [-0.1, -0.05) is 6.07 Å². The molecule has 0 spiro atoms. The molecule has 0 bridgehead atoms. The number of carboxylic acids is 1. The van der Waals surface area contributed by atoms with Crippen molar-refractivity contribution in [2.75, 3.05) is 0 Å². The molecule has 2 aromatic rings. The molecule has 84 valence electrons. The van der Waals surface area contributed by atoms with E-state index in [1.54, 1.807) is 18.2 Å². The smallest absolute Gasteiger partial charge is 0.338 e. The summed E-state index contributed by atoms with van der Waals surface area (Å²) in [7, 11) is 0. The molecule has 0 amide bonds. The van der Waals surface area contributed by atoms with Gasteiger partial charge in [0.2, 0.25) is 0 Å². The summed E-state index contributed by atoms with van der Waals surface area (Å²) >= 11 is 3.26. The van der Waals surface area contributed by atoms with Crippen LogP contribution in [0.3, 0.4) is 0 Å². The van der Waals surface area contributed by atoms with E-state index in [-0.39, 0.29) is 5.56 Å². The van der Waals surface area contributed by atoms with E-state index >= 15 is 0 Å². The number of hydrogen-bond donors (Lipinski definition) is 1. The summed E-state index contributed by atoms with van der Waals surface area (Å²) in [6.07, 6.45) is 2.61. The highest BCUT2D eigenvalue weighted by molar-refractivity contribution is 9.10. The lowest BCUT2D eigenvalue weighted by molar-refractivity contribution is 0.0697. The molecule has 2 rings (SSSR count). The lowest BCUT2D eigenvalue weighted by Crippen LogP contribution is -1.99. The highest BCUT2D eigenvalue weighted by Gasteiger charge is 2.11. The van der Waals surface area contributed by atoms with E-state index in [4.69, 9.17) is 10.4 Å². The zero-order valence-electron chi connectivity index (χ0n) is 8.46. The van der Waals surface area contributed by atoms with Crippen LogP contribution >= 0.6 is 15.9 Å². The lowest BCUT2D eigenvalue weighted by Gasteiger charge is -2.04. The van der Waals surface area contributed by atoms with Gasteiger partial charge < -0.3 is 5.11 Å². The average molecular weight is 292 g/mol. The number of benzene rings is 1. The Labute approximate surface area is 105 Å². The fourth-order valence-corrected chi connectivity index (χ4v) is 1.82. The van der Waals surface area contributed by atoms with Gasteiger partial charge in [0.1, 0.15) is 6.07 Å². The van der Waals surface area contributed by atoms with E-state index in [0.29, 0.717) is 15.7 Å². The molecule has 0 saturated heterocycles. The molecule has 5 nitrogen and oxygen atoms in total. The summed E-state index contributed by atoms with van der Waals surface area (Å²) in [6.45, 7) is 0. The quantitative estimate of drug-likeness (QED) is 0.920. The van der Waals surface area contributed by atoms with E-state index in [1.807, 2.05) is 6.07 Å². The second-order valence-electron chi connectivity index (χ2n) is 3.22. The molecule has 0 aliphatic rings. The minimum absolute atomic E-state index is 0.0777. The zero-order chi connectivity index (χ0) is 12.4. The van der Waals surface area contributed by atoms with Crippen molar-refractivity contribution in [3.05, 3.63) is 46.2 Å². The molecule has 0 atom stereocenters. The Morgan fingerprint density at radius 1 is 1.53 bits per heavy atom. The molecule has 0 aliphatic heterocycles. The zero-order valence-corrected chi connectivity index (χ0v) is 10.0. The van der Waals surface area contributed by atoms with Gasteiger partial charge in [0.25, 0.3) is 0 Å². The normalized spacial score (nSPS) is 9.88. The first-order valence-corrected chi connectivity index (χ1v) is 5.39. The van der Waals surface area contributed by atoms with E-state index < -0.39 is 5.97 Å². The maximum absolute atomic E-state index is 10.7. The van der Waals surface area contributed by atoms with Crippen LogP contribution in [0.2, 0.25) is 0 Å². The van der Waals surface area contributed by atoms with Crippen LogP contribution in [0.4, 0.5) is 0 Å². The van der Waals surface area contributed by atoms with E-state index in [0.717, 1.165) is 0 Å². The van der Waals surface area contributed by atoms with Crippen LogP contribution in [0.25, 0.3) is 5.69 Å². The van der Waals surface area contributed by atoms with Crippen LogP contribution < -0.4 is 0 Å². The first kappa shape index (κ1) is 11.4. The van der Waals surface area contributed by atoms with Crippen molar-refractivity contribution >= 4 is 21.9 Å². The number of rotatable bonds is 2. The highest BCUT2D eigenvalue weighted by atomic mass is 79.9. The van der Waals surface area contributed by atoms with Gasteiger partial charge in [0.15, 0.2) is 0 Å². The van der Waals surface area contributed by atoms with Crippen molar-refractivity contribution in [3.8, 4) is 11.8 Å². The predicted octanol–water partition coefficient (Wildman–Crippen LogP) is 2.20. The molecule has 0 radical (unpaired) electrons. The van der Waals surface area contributed by atoms with Gasteiger partial charge in [-0.05, 0) is 28.1 Å². The summed E-state index contributed by atoms with van der Waals surface area (Å²) < 4.78 is 2.01. The fourth-order valence-electron chi connectivity index (χ4n) is 1.38. The Bertz CT molecular complexity index is 628. The van der Waals surface area contributed by atoms with Crippen LogP contribution in [-0.2, 0) is 0 Å². The van der Waals surface area contributed by atoms with Gasteiger partial charge in [-0.3, -0.25) is 0 Å². The number of hydrogen-bond acceptors (Lipinski definition) is 3. The molecule has 1 aromatic carbocycles. The monoisotopic (exact) mass is 291 g/mol. The van der Waals surface area contributed by atoms with E-state index in [1.165, 1.54) is 17.1 Å². The molecule has 17 heavy (non-hydrogen) atoms. The minimum Gasteiger partial charge on any atom is -0.478 e. The third-order valence-corrected chi connectivity index (χ3v) is 2.84. The van der Waals surface area contributed by atoms with Gasteiger partial charge in [-0.15, -0.1) is 0 Å². The van der Waals surface area contributed by atoms with Crippen LogP contribution in [0, 0.1) is 11.3 Å². The Morgan fingerprint density at radius 2 is 2.29 bits per heavy atom. The Hall–Kier alpha value is -2.13. The average Bonchev–Trinajstić information content (AvgIpc) is 2.77. The second kappa shape index (κ2) is 4.39. The topological polar surface area (TPSA) is 78.9 Å². The molecule has 6 heteroatoms.